The zero-order chi connectivity index (χ0) is 30.2. The molecule has 1 aliphatic heterocycles. The van der Waals surface area contributed by atoms with E-state index in [4.69, 9.17) is 9.47 Å². The monoisotopic (exact) mass is 615 g/mol. The lowest BCUT2D eigenvalue weighted by atomic mass is 9.69. The average molecular weight is 616 g/mol. The molecular weight excluding hydrogens is 554 g/mol. The second-order valence-electron chi connectivity index (χ2n) is 14.7. The Kier molecular flexibility index (Phi) is 12.8. The van der Waals surface area contributed by atoms with Crippen molar-refractivity contribution in [1.29, 1.82) is 0 Å². The summed E-state index contributed by atoms with van der Waals surface area (Å²) in [5, 5.41) is 0.840. The number of ether oxygens (including phenoxy) is 2. The van der Waals surface area contributed by atoms with Gasteiger partial charge in [0.2, 0.25) is 0 Å². The largest absolute Gasteiger partial charge is 0.462 e. The summed E-state index contributed by atoms with van der Waals surface area (Å²) >= 11 is 1.99. The van der Waals surface area contributed by atoms with E-state index >= 15 is 0 Å². The first-order valence-corrected chi connectivity index (χ1v) is 19.4. The van der Waals surface area contributed by atoms with Gasteiger partial charge in [-0.25, -0.2) is 9.59 Å². The maximum atomic E-state index is 12.4. The number of hydrogen-bond acceptors (Lipinski definition) is 6. The number of rotatable bonds is 10. The third-order valence-electron chi connectivity index (χ3n) is 12.0. The maximum absolute atomic E-state index is 12.4. The van der Waals surface area contributed by atoms with Crippen molar-refractivity contribution in [1.82, 2.24) is 4.90 Å². The summed E-state index contributed by atoms with van der Waals surface area (Å²) in [6, 6.07) is 2.59. The van der Waals surface area contributed by atoms with E-state index in [9.17, 15) is 9.59 Å². The zero-order valence-corrected chi connectivity index (χ0v) is 28.4. The maximum Gasteiger partial charge on any atom is 0.345 e. The molecule has 0 aromatic heterocycles. The molecule has 0 aromatic rings. The SMILES string of the molecule is CCOC(=O)C(=CC1CCC(C2CCC(C3CCC(N(C4CCCCC4)C4CCC(C)CC4)CC3)CC2)S1)C(=O)OCC. The van der Waals surface area contributed by atoms with Crippen molar-refractivity contribution in [2.75, 3.05) is 13.2 Å². The Balaban J connectivity index is 1.09. The third kappa shape index (κ3) is 8.83. The van der Waals surface area contributed by atoms with Crippen molar-refractivity contribution in [2.24, 2.45) is 23.7 Å². The molecule has 1 heterocycles. The minimum atomic E-state index is -0.546. The molecule has 2 unspecified atom stereocenters. The van der Waals surface area contributed by atoms with Crippen LogP contribution >= 0.6 is 11.8 Å². The summed E-state index contributed by atoms with van der Waals surface area (Å²) in [4.78, 5) is 28.0. The quantitative estimate of drug-likeness (QED) is 0.106. The Labute approximate surface area is 267 Å². The highest BCUT2D eigenvalue weighted by Crippen LogP contribution is 2.48. The molecule has 5 aliphatic rings. The van der Waals surface area contributed by atoms with Gasteiger partial charge in [0.15, 0.2) is 0 Å². The van der Waals surface area contributed by atoms with Crippen LogP contribution in [0.15, 0.2) is 11.6 Å². The Morgan fingerprint density at radius 2 is 1.12 bits per heavy atom. The molecule has 0 radical (unpaired) electrons. The highest BCUT2D eigenvalue weighted by atomic mass is 32.2. The predicted molar refractivity (Wildman–Crippen MR) is 177 cm³/mol. The second-order valence-corrected chi connectivity index (χ2v) is 16.2. The first-order chi connectivity index (χ1) is 21.0. The van der Waals surface area contributed by atoms with E-state index in [0.717, 1.165) is 48.2 Å². The van der Waals surface area contributed by atoms with Crippen LogP contribution in [-0.4, -0.2) is 58.7 Å². The normalized spacial score (nSPS) is 35.8. The third-order valence-corrected chi connectivity index (χ3v) is 13.7. The summed E-state index contributed by atoms with van der Waals surface area (Å²) in [6.45, 7) is 6.54. The molecule has 5 nitrogen and oxygen atoms in total. The van der Waals surface area contributed by atoms with Crippen LogP contribution in [0.2, 0.25) is 0 Å². The number of hydrogen-bond donors (Lipinski definition) is 0. The summed E-state index contributed by atoms with van der Waals surface area (Å²) < 4.78 is 10.3. The minimum Gasteiger partial charge on any atom is -0.462 e. The predicted octanol–water partition coefficient (Wildman–Crippen LogP) is 8.88. The van der Waals surface area contributed by atoms with Crippen LogP contribution < -0.4 is 0 Å². The zero-order valence-electron chi connectivity index (χ0n) is 27.6. The Morgan fingerprint density at radius 1 is 0.628 bits per heavy atom. The molecule has 1 saturated heterocycles. The smallest absolute Gasteiger partial charge is 0.345 e. The molecule has 2 atom stereocenters. The van der Waals surface area contributed by atoms with Crippen LogP contribution in [0.3, 0.4) is 0 Å². The molecule has 0 amide bonds. The molecule has 43 heavy (non-hydrogen) atoms. The van der Waals surface area contributed by atoms with Gasteiger partial charge in [-0.05, 0) is 146 Å². The van der Waals surface area contributed by atoms with Crippen LogP contribution in [0, 0.1) is 23.7 Å². The van der Waals surface area contributed by atoms with Gasteiger partial charge in [-0.1, -0.05) is 26.2 Å². The van der Waals surface area contributed by atoms with Gasteiger partial charge in [0.1, 0.15) is 5.57 Å². The topological polar surface area (TPSA) is 55.8 Å². The van der Waals surface area contributed by atoms with E-state index in [-0.39, 0.29) is 24.0 Å². The van der Waals surface area contributed by atoms with Gasteiger partial charge in [0, 0.05) is 28.6 Å². The highest BCUT2D eigenvalue weighted by molar-refractivity contribution is 8.00. The first-order valence-electron chi connectivity index (χ1n) is 18.5. The molecule has 0 spiro atoms. The molecular formula is C37H61NO4S. The Morgan fingerprint density at radius 3 is 1.67 bits per heavy atom. The van der Waals surface area contributed by atoms with Crippen molar-refractivity contribution >= 4 is 23.7 Å². The molecule has 5 fully saturated rings. The van der Waals surface area contributed by atoms with E-state index in [1.807, 2.05) is 17.8 Å². The number of esters is 2. The fourth-order valence-electron chi connectivity index (χ4n) is 9.66. The Bertz CT molecular complexity index is 888. The number of carbonyl (C=O) groups is 2. The van der Waals surface area contributed by atoms with Crippen LogP contribution in [-0.2, 0) is 19.1 Å². The average Bonchev–Trinajstić information content (AvgIpc) is 3.51. The van der Waals surface area contributed by atoms with Gasteiger partial charge >= 0.3 is 11.9 Å². The van der Waals surface area contributed by atoms with E-state index in [1.54, 1.807) is 13.8 Å². The van der Waals surface area contributed by atoms with Crippen molar-refractivity contribution in [3.05, 3.63) is 11.6 Å². The van der Waals surface area contributed by atoms with Crippen LogP contribution in [0.4, 0.5) is 0 Å². The van der Waals surface area contributed by atoms with Gasteiger partial charge < -0.3 is 9.47 Å². The van der Waals surface area contributed by atoms with Crippen molar-refractivity contribution in [2.45, 2.75) is 171 Å². The van der Waals surface area contributed by atoms with E-state index in [0.29, 0.717) is 5.25 Å². The standard InChI is InChI=1S/C37H61NO4S/c1-4-41-36(39)34(37(40)42-5-2)25-33-23-24-35(43-33)29-15-13-27(14-16-29)28-17-21-32(22-18-28)38(30-9-7-6-8-10-30)31-19-11-26(3)12-20-31/h25-33,35H,4-24H2,1-3H3. The van der Waals surface area contributed by atoms with E-state index in [2.05, 4.69) is 11.8 Å². The summed E-state index contributed by atoms with van der Waals surface area (Å²) in [7, 11) is 0. The van der Waals surface area contributed by atoms with Crippen LogP contribution in [0.1, 0.15) is 143 Å². The lowest BCUT2D eigenvalue weighted by Crippen LogP contribution is -2.52. The molecule has 4 aliphatic carbocycles. The fraction of sp³-hybridized carbons (Fsp3) is 0.892. The Hall–Kier alpha value is -1.01. The van der Waals surface area contributed by atoms with Gasteiger partial charge in [-0.15, -0.1) is 0 Å². The van der Waals surface area contributed by atoms with Crippen LogP contribution in [0.5, 0.6) is 0 Å². The molecule has 4 saturated carbocycles. The summed E-state index contributed by atoms with van der Waals surface area (Å²) in [5.41, 5.74) is 0.0845. The van der Waals surface area contributed by atoms with Crippen molar-refractivity contribution in [3.63, 3.8) is 0 Å². The van der Waals surface area contributed by atoms with Gasteiger partial charge in [-0.2, -0.15) is 11.8 Å². The molecule has 6 heteroatoms. The van der Waals surface area contributed by atoms with Gasteiger partial charge in [0.05, 0.1) is 13.2 Å². The molecule has 5 rings (SSSR count). The number of carbonyl (C=O) groups excluding carboxylic acids is 2. The lowest BCUT2D eigenvalue weighted by molar-refractivity contribution is -0.146. The molecule has 0 bridgehead atoms. The number of nitrogens with zero attached hydrogens (tertiary/aromatic N) is 1. The minimum absolute atomic E-state index is 0.0845. The number of thioether (sulfide) groups is 1. The van der Waals surface area contributed by atoms with Crippen LogP contribution in [0.25, 0.3) is 0 Å². The lowest BCUT2D eigenvalue weighted by Gasteiger charge is -2.49. The summed E-state index contributed by atoms with van der Waals surface area (Å²) in [6.07, 6.45) is 28.5. The molecule has 0 aromatic carbocycles. The molecule has 244 valence electrons. The second kappa shape index (κ2) is 16.5. The summed E-state index contributed by atoms with van der Waals surface area (Å²) in [5.74, 6) is 2.50. The highest BCUT2D eigenvalue weighted by Gasteiger charge is 2.40. The van der Waals surface area contributed by atoms with E-state index in [1.165, 1.54) is 116 Å². The van der Waals surface area contributed by atoms with E-state index < -0.39 is 11.9 Å². The van der Waals surface area contributed by atoms with Gasteiger partial charge in [0.25, 0.3) is 0 Å². The van der Waals surface area contributed by atoms with Gasteiger partial charge in [-0.3, -0.25) is 4.90 Å². The van der Waals surface area contributed by atoms with Crippen molar-refractivity contribution < 1.29 is 19.1 Å². The fourth-order valence-corrected chi connectivity index (χ4v) is 11.4. The molecule has 0 N–H and O–H groups in total. The van der Waals surface area contributed by atoms with Crippen molar-refractivity contribution in [3.8, 4) is 0 Å². The first kappa shape index (κ1) is 33.4.